The molecule has 2 N–H and O–H groups in total. The molecule has 0 aliphatic heterocycles. The maximum absolute atomic E-state index is 11.9. The van der Waals surface area contributed by atoms with Gasteiger partial charge in [0.05, 0.1) is 6.10 Å². The zero-order valence-electron chi connectivity index (χ0n) is 16.0. The van der Waals surface area contributed by atoms with Crippen molar-refractivity contribution in [2.45, 2.75) is 51.3 Å². The molecule has 3 aromatic rings. The van der Waals surface area contributed by atoms with Crippen LogP contribution in [0, 0.1) is 6.92 Å². The minimum absolute atomic E-state index is 0.0570. The number of hydrogen-bond donors (Lipinski definition) is 2. The van der Waals surface area contributed by atoms with Crippen LogP contribution in [0.2, 0.25) is 5.02 Å². The fourth-order valence-electron chi connectivity index (χ4n) is 3.92. The third kappa shape index (κ3) is 4.40. The van der Waals surface area contributed by atoms with E-state index in [4.69, 9.17) is 16.3 Å². The molecule has 4 nitrogen and oxygen atoms in total. The number of aromatic amines is 1. The maximum Gasteiger partial charge on any atom is 0.255 e. The Morgan fingerprint density at radius 1 is 1.14 bits per heavy atom. The lowest BCUT2D eigenvalue weighted by Gasteiger charge is -2.30. The zero-order valence-corrected chi connectivity index (χ0v) is 16.8. The van der Waals surface area contributed by atoms with Crippen molar-refractivity contribution in [3.05, 3.63) is 75.2 Å². The molecule has 1 aromatic heterocycles. The van der Waals surface area contributed by atoms with Gasteiger partial charge >= 0.3 is 0 Å². The normalized spacial score (nSPS) is 19.6. The van der Waals surface area contributed by atoms with Gasteiger partial charge in [-0.15, -0.1) is 0 Å². The average molecular weight is 397 g/mol. The Morgan fingerprint density at radius 3 is 2.75 bits per heavy atom. The van der Waals surface area contributed by atoms with Crippen molar-refractivity contribution in [2.24, 2.45) is 0 Å². The summed E-state index contributed by atoms with van der Waals surface area (Å²) in [5, 5.41) is 6.05. The fourth-order valence-corrected chi connectivity index (χ4v) is 4.14. The van der Waals surface area contributed by atoms with E-state index in [-0.39, 0.29) is 11.7 Å². The highest BCUT2D eigenvalue weighted by atomic mass is 35.5. The second kappa shape index (κ2) is 8.38. The lowest BCUT2D eigenvalue weighted by molar-refractivity contribution is 0.138. The van der Waals surface area contributed by atoms with E-state index in [1.165, 1.54) is 5.56 Å². The standard InChI is InChI=1S/C23H25ClN2O2/c1-15-11-21-17(9-10-25-23(21)27)13-22(15)28-20-7-5-19(6-8-20)26-14-16-3-2-4-18(24)12-16/h2-4,9-13,19-20,26H,5-8,14H2,1H3,(H,25,27)/t19-,20-. The number of ether oxygens (including phenoxy) is 1. The quantitative estimate of drug-likeness (QED) is 0.640. The van der Waals surface area contributed by atoms with Gasteiger partial charge in [0.2, 0.25) is 0 Å². The lowest BCUT2D eigenvalue weighted by atomic mass is 9.92. The Kier molecular flexibility index (Phi) is 5.69. The number of nitrogens with one attached hydrogen (secondary N) is 2. The number of aryl methyl sites for hydroxylation is 1. The van der Waals surface area contributed by atoms with E-state index in [1.54, 1.807) is 6.20 Å². The van der Waals surface area contributed by atoms with Gasteiger partial charge in [0.1, 0.15) is 5.75 Å². The van der Waals surface area contributed by atoms with Crippen LogP contribution in [0.4, 0.5) is 0 Å². The predicted octanol–water partition coefficient (Wildman–Crippen LogP) is 4.97. The Morgan fingerprint density at radius 2 is 1.96 bits per heavy atom. The summed E-state index contributed by atoms with van der Waals surface area (Å²) in [6.07, 6.45) is 6.15. The number of H-pyrrole nitrogens is 1. The van der Waals surface area contributed by atoms with Gasteiger partial charge in [0.25, 0.3) is 5.56 Å². The maximum atomic E-state index is 11.9. The van der Waals surface area contributed by atoms with Gasteiger partial charge in [0, 0.05) is 29.2 Å². The summed E-state index contributed by atoms with van der Waals surface area (Å²) < 4.78 is 6.30. The van der Waals surface area contributed by atoms with Crippen molar-refractivity contribution in [2.75, 3.05) is 0 Å². The number of aromatic nitrogens is 1. The first-order valence-electron chi connectivity index (χ1n) is 9.85. The van der Waals surface area contributed by atoms with Gasteiger partial charge in [-0.3, -0.25) is 4.79 Å². The summed E-state index contributed by atoms with van der Waals surface area (Å²) in [5.41, 5.74) is 2.16. The molecule has 1 aliphatic carbocycles. The molecule has 5 heteroatoms. The highest BCUT2D eigenvalue weighted by Crippen LogP contribution is 2.29. The molecule has 1 heterocycles. The van der Waals surface area contributed by atoms with Crippen molar-refractivity contribution in [3.8, 4) is 5.75 Å². The Labute approximate surface area is 169 Å². The van der Waals surface area contributed by atoms with Crippen LogP contribution < -0.4 is 15.6 Å². The molecule has 146 valence electrons. The van der Waals surface area contributed by atoms with Crippen molar-refractivity contribution in [1.29, 1.82) is 0 Å². The summed E-state index contributed by atoms with van der Waals surface area (Å²) in [5.74, 6) is 0.883. The summed E-state index contributed by atoms with van der Waals surface area (Å²) in [6.45, 7) is 2.84. The molecular weight excluding hydrogens is 372 g/mol. The van der Waals surface area contributed by atoms with E-state index >= 15 is 0 Å². The van der Waals surface area contributed by atoms with Crippen molar-refractivity contribution in [1.82, 2.24) is 10.3 Å². The summed E-state index contributed by atoms with van der Waals surface area (Å²) >= 11 is 6.06. The van der Waals surface area contributed by atoms with Gasteiger partial charge in [-0.1, -0.05) is 23.7 Å². The second-order valence-electron chi connectivity index (χ2n) is 7.61. The van der Waals surface area contributed by atoms with Crippen LogP contribution in [0.25, 0.3) is 10.8 Å². The third-order valence-corrected chi connectivity index (χ3v) is 5.76. The third-order valence-electron chi connectivity index (χ3n) is 5.52. The first-order chi connectivity index (χ1) is 13.6. The number of rotatable bonds is 5. The SMILES string of the molecule is Cc1cc2c(=O)[nH]ccc2cc1O[C@H]1CC[C@H](NCc2cccc(Cl)c2)CC1. The summed E-state index contributed by atoms with van der Waals surface area (Å²) in [7, 11) is 0. The van der Waals surface area contributed by atoms with Gasteiger partial charge < -0.3 is 15.0 Å². The molecule has 0 amide bonds. The number of pyridine rings is 1. The van der Waals surface area contributed by atoms with Crippen molar-refractivity contribution < 1.29 is 4.74 Å². The van der Waals surface area contributed by atoms with E-state index in [1.807, 2.05) is 43.3 Å². The fraction of sp³-hybridized carbons (Fsp3) is 0.348. The molecule has 28 heavy (non-hydrogen) atoms. The predicted molar refractivity (Wildman–Crippen MR) is 114 cm³/mol. The van der Waals surface area contributed by atoms with E-state index in [0.717, 1.165) is 53.9 Å². The molecule has 1 saturated carbocycles. The van der Waals surface area contributed by atoms with Crippen LogP contribution in [0.3, 0.4) is 0 Å². The Balaban J connectivity index is 1.34. The van der Waals surface area contributed by atoms with E-state index in [9.17, 15) is 4.79 Å². The minimum Gasteiger partial charge on any atom is -0.490 e. The monoisotopic (exact) mass is 396 g/mol. The molecule has 1 aliphatic rings. The van der Waals surface area contributed by atoms with Crippen molar-refractivity contribution in [3.63, 3.8) is 0 Å². The van der Waals surface area contributed by atoms with Gasteiger partial charge in [-0.05, 0) is 79.5 Å². The van der Waals surface area contributed by atoms with Gasteiger partial charge in [-0.2, -0.15) is 0 Å². The molecule has 0 atom stereocenters. The first kappa shape index (κ1) is 19.0. The van der Waals surface area contributed by atoms with E-state index in [2.05, 4.69) is 16.4 Å². The smallest absolute Gasteiger partial charge is 0.255 e. The molecular formula is C23H25ClN2O2. The van der Waals surface area contributed by atoms with Crippen molar-refractivity contribution >= 4 is 22.4 Å². The average Bonchev–Trinajstić information content (AvgIpc) is 2.69. The minimum atomic E-state index is -0.0570. The molecule has 4 rings (SSSR count). The van der Waals surface area contributed by atoms with Crippen LogP contribution in [0.15, 0.2) is 53.5 Å². The largest absolute Gasteiger partial charge is 0.490 e. The Bertz CT molecular complexity index is 1020. The van der Waals surface area contributed by atoms with E-state index < -0.39 is 0 Å². The number of fused-ring (bicyclic) bond motifs is 1. The molecule has 0 bridgehead atoms. The molecule has 0 saturated heterocycles. The lowest BCUT2D eigenvalue weighted by Crippen LogP contribution is -2.36. The van der Waals surface area contributed by atoms with Crippen LogP contribution in [-0.2, 0) is 6.54 Å². The second-order valence-corrected chi connectivity index (χ2v) is 8.05. The molecule has 0 spiro atoms. The topological polar surface area (TPSA) is 54.1 Å². The molecule has 2 aromatic carbocycles. The van der Waals surface area contributed by atoms with Crippen LogP contribution in [-0.4, -0.2) is 17.1 Å². The van der Waals surface area contributed by atoms with Gasteiger partial charge in [0.15, 0.2) is 0 Å². The van der Waals surface area contributed by atoms with Gasteiger partial charge in [-0.25, -0.2) is 0 Å². The Hall–Kier alpha value is -2.30. The van der Waals surface area contributed by atoms with Crippen LogP contribution in [0.5, 0.6) is 5.75 Å². The molecule has 0 unspecified atom stereocenters. The van der Waals surface area contributed by atoms with Crippen LogP contribution in [0.1, 0.15) is 36.8 Å². The first-order valence-corrected chi connectivity index (χ1v) is 10.2. The summed E-state index contributed by atoms with van der Waals surface area (Å²) in [6, 6.07) is 14.3. The highest BCUT2D eigenvalue weighted by Gasteiger charge is 2.22. The number of benzene rings is 2. The zero-order chi connectivity index (χ0) is 19.5. The number of hydrogen-bond acceptors (Lipinski definition) is 3. The molecule has 1 fully saturated rings. The van der Waals surface area contributed by atoms with E-state index in [0.29, 0.717) is 11.4 Å². The molecule has 0 radical (unpaired) electrons. The van der Waals surface area contributed by atoms with Crippen LogP contribution >= 0.6 is 11.6 Å². The number of halogens is 1. The summed E-state index contributed by atoms with van der Waals surface area (Å²) in [4.78, 5) is 14.7. The highest BCUT2D eigenvalue weighted by molar-refractivity contribution is 6.30.